The number of methoxy groups -OCH3 is 1. The van der Waals surface area contributed by atoms with E-state index >= 15 is 0 Å². The minimum absolute atomic E-state index is 0.315. The minimum Gasteiger partial charge on any atom is -0.388 e. The van der Waals surface area contributed by atoms with Gasteiger partial charge in [-0.15, -0.1) is 0 Å². The van der Waals surface area contributed by atoms with Crippen molar-refractivity contribution in [1.29, 1.82) is 0 Å². The SMILES string of the molecule is COCCN[C@H]1CC[C@H](Nc2cc(-c3cc(NCC4(O)CCOCC4)ccc3F)c(Cl)cn2)CC1. The van der Waals surface area contributed by atoms with E-state index in [1.807, 2.05) is 6.07 Å². The van der Waals surface area contributed by atoms with Gasteiger partial charge in [0.1, 0.15) is 11.6 Å². The van der Waals surface area contributed by atoms with Crippen LogP contribution in [0.1, 0.15) is 38.5 Å². The summed E-state index contributed by atoms with van der Waals surface area (Å²) < 4.78 is 25.3. The lowest BCUT2D eigenvalue weighted by atomic mass is 9.91. The molecule has 1 aromatic heterocycles. The number of rotatable bonds is 10. The molecule has 2 heterocycles. The van der Waals surface area contributed by atoms with Crippen LogP contribution >= 0.6 is 11.6 Å². The molecular formula is C26H36ClFN4O3. The summed E-state index contributed by atoms with van der Waals surface area (Å²) in [5, 5.41) is 21.4. The third-order valence-corrected chi connectivity index (χ3v) is 7.28. The van der Waals surface area contributed by atoms with Crippen LogP contribution in [0.2, 0.25) is 5.02 Å². The third kappa shape index (κ3) is 7.27. The Balaban J connectivity index is 1.40. The van der Waals surface area contributed by atoms with Crippen molar-refractivity contribution in [2.24, 2.45) is 0 Å². The van der Waals surface area contributed by atoms with Gasteiger partial charge in [0.05, 0.1) is 17.2 Å². The molecule has 4 rings (SSSR count). The van der Waals surface area contributed by atoms with Crippen molar-refractivity contribution in [2.45, 2.75) is 56.2 Å². The molecule has 9 heteroatoms. The van der Waals surface area contributed by atoms with Crippen LogP contribution in [-0.4, -0.2) is 67.8 Å². The van der Waals surface area contributed by atoms with Gasteiger partial charge in [-0.1, -0.05) is 11.6 Å². The first kappa shape index (κ1) is 26.1. The Morgan fingerprint density at radius 3 is 2.63 bits per heavy atom. The Hall–Kier alpha value is -1.97. The van der Waals surface area contributed by atoms with Crippen LogP contribution in [0, 0.1) is 5.82 Å². The highest BCUT2D eigenvalue weighted by atomic mass is 35.5. The number of benzene rings is 1. The summed E-state index contributed by atoms with van der Waals surface area (Å²) in [5.41, 5.74) is 0.889. The van der Waals surface area contributed by atoms with Crippen LogP contribution in [0.15, 0.2) is 30.5 Å². The molecule has 2 fully saturated rings. The fraction of sp³-hybridized carbons (Fsp3) is 0.577. The number of halogens is 2. The van der Waals surface area contributed by atoms with Crippen molar-refractivity contribution in [3.05, 3.63) is 41.3 Å². The van der Waals surface area contributed by atoms with Crippen molar-refractivity contribution < 1.29 is 19.0 Å². The van der Waals surface area contributed by atoms with E-state index < -0.39 is 5.60 Å². The van der Waals surface area contributed by atoms with E-state index in [1.54, 1.807) is 25.4 Å². The maximum atomic E-state index is 14.9. The number of anilines is 2. The van der Waals surface area contributed by atoms with Gasteiger partial charge in [-0.3, -0.25) is 0 Å². The number of nitrogens with zero attached hydrogens (tertiary/aromatic N) is 1. The van der Waals surface area contributed by atoms with Crippen molar-refractivity contribution in [3.63, 3.8) is 0 Å². The van der Waals surface area contributed by atoms with Crippen LogP contribution in [0.4, 0.5) is 15.9 Å². The number of ether oxygens (including phenoxy) is 2. The highest BCUT2D eigenvalue weighted by Gasteiger charge is 2.29. The summed E-state index contributed by atoms with van der Waals surface area (Å²) in [4.78, 5) is 4.44. The van der Waals surface area contributed by atoms with Crippen LogP contribution in [0.25, 0.3) is 11.1 Å². The second-order valence-electron chi connectivity index (χ2n) is 9.57. The van der Waals surface area contributed by atoms with Crippen LogP contribution in [-0.2, 0) is 9.47 Å². The first-order valence-corrected chi connectivity index (χ1v) is 12.8. The van der Waals surface area contributed by atoms with Gasteiger partial charge in [0.2, 0.25) is 0 Å². The number of aliphatic hydroxyl groups is 1. The molecule has 2 aromatic rings. The van der Waals surface area contributed by atoms with E-state index in [0.717, 1.165) is 44.5 Å². The first-order chi connectivity index (χ1) is 17.0. The smallest absolute Gasteiger partial charge is 0.131 e. The summed E-state index contributed by atoms with van der Waals surface area (Å²) in [7, 11) is 1.71. The van der Waals surface area contributed by atoms with Crippen LogP contribution in [0.5, 0.6) is 0 Å². The quantitative estimate of drug-likeness (QED) is 0.354. The predicted molar refractivity (Wildman–Crippen MR) is 138 cm³/mol. The Bertz CT molecular complexity index is 966. The molecule has 0 amide bonds. The summed E-state index contributed by atoms with van der Waals surface area (Å²) in [6.07, 6.45) is 6.96. The molecule has 4 N–H and O–H groups in total. The molecule has 7 nitrogen and oxygen atoms in total. The van der Waals surface area contributed by atoms with Gasteiger partial charge in [-0.25, -0.2) is 9.37 Å². The summed E-state index contributed by atoms with van der Waals surface area (Å²) >= 11 is 6.45. The highest BCUT2D eigenvalue weighted by molar-refractivity contribution is 6.33. The molecule has 2 aliphatic rings. The maximum Gasteiger partial charge on any atom is 0.131 e. The lowest BCUT2D eigenvalue weighted by Crippen LogP contribution is -2.42. The maximum absolute atomic E-state index is 14.9. The van der Waals surface area contributed by atoms with Gasteiger partial charge in [-0.2, -0.15) is 0 Å². The zero-order valence-electron chi connectivity index (χ0n) is 20.3. The van der Waals surface area contributed by atoms with Crippen molar-refractivity contribution in [3.8, 4) is 11.1 Å². The topological polar surface area (TPSA) is 87.7 Å². The second kappa shape index (κ2) is 12.3. The van der Waals surface area contributed by atoms with Gasteiger partial charge >= 0.3 is 0 Å². The van der Waals surface area contributed by atoms with Crippen molar-refractivity contribution in [1.82, 2.24) is 10.3 Å². The number of hydrogen-bond donors (Lipinski definition) is 4. The zero-order valence-corrected chi connectivity index (χ0v) is 21.0. The Labute approximate surface area is 211 Å². The van der Waals surface area contributed by atoms with Gasteiger partial charge in [0.25, 0.3) is 0 Å². The standard InChI is InChI=1S/C26H36ClFN4O3/c1-34-13-10-29-18-2-4-19(5-3-18)32-25-15-21(23(27)16-30-25)22-14-20(6-7-24(22)28)31-17-26(33)8-11-35-12-9-26/h6-7,14-16,18-19,29,31,33H,2-5,8-13,17H2,1H3,(H,30,32)/t18-,19-. The molecule has 0 unspecified atom stereocenters. The van der Waals surface area contributed by atoms with E-state index in [9.17, 15) is 9.50 Å². The Morgan fingerprint density at radius 2 is 1.89 bits per heavy atom. The molecule has 0 radical (unpaired) electrons. The lowest BCUT2D eigenvalue weighted by molar-refractivity contribution is -0.0543. The molecular weight excluding hydrogens is 471 g/mol. The Kier molecular flexibility index (Phi) is 9.19. The number of nitrogens with one attached hydrogen (secondary N) is 3. The van der Waals surface area contributed by atoms with Gasteiger partial charge in [0.15, 0.2) is 0 Å². The zero-order chi connectivity index (χ0) is 24.7. The normalized spacial score (nSPS) is 22.1. The number of pyridine rings is 1. The molecule has 1 saturated carbocycles. The van der Waals surface area contributed by atoms with Crippen LogP contribution in [0.3, 0.4) is 0 Å². The first-order valence-electron chi connectivity index (χ1n) is 12.4. The summed E-state index contributed by atoms with van der Waals surface area (Å²) in [6, 6.07) is 7.48. The summed E-state index contributed by atoms with van der Waals surface area (Å²) in [6.45, 7) is 3.05. The molecule has 35 heavy (non-hydrogen) atoms. The Morgan fingerprint density at radius 1 is 1.14 bits per heavy atom. The second-order valence-corrected chi connectivity index (χ2v) is 9.98. The third-order valence-electron chi connectivity index (χ3n) is 6.98. The van der Waals surface area contributed by atoms with Gasteiger partial charge < -0.3 is 30.5 Å². The molecule has 1 saturated heterocycles. The van der Waals surface area contributed by atoms with Crippen molar-refractivity contribution in [2.75, 3.05) is 50.7 Å². The van der Waals surface area contributed by atoms with Crippen LogP contribution < -0.4 is 16.0 Å². The molecule has 0 atom stereocenters. The summed E-state index contributed by atoms with van der Waals surface area (Å²) in [5.74, 6) is 0.330. The molecule has 1 aliphatic heterocycles. The number of hydrogen-bond acceptors (Lipinski definition) is 7. The average molecular weight is 507 g/mol. The largest absolute Gasteiger partial charge is 0.388 e. The van der Waals surface area contributed by atoms with Gasteiger partial charge in [-0.05, 0) is 49.9 Å². The highest BCUT2D eigenvalue weighted by Crippen LogP contribution is 2.34. The monoisotopic (exact) mass is 506 g/mol. The van der Waals surface area contributed by atoms with E-state index in [0.29, 0.717) is 66.7 Å². The minimum atomic E-state index is -0.823. The molecule has 0 spiro atoms. The number of aromatic nitrogens is 1. The lowest BCUT2D eigenvalue weighted by Gasteiger charge is -2.32. The van der Waals surface area contributed by atoms with Gasteiger partial charge in [0, 0.05) is 81.3 Å². The van der Waals surface area contributed by atoms with E-state index in [2.05, 4.69) is 20.9 Å². The predicted octanol–water partition coefficient (Wildman–Crippen LogP) is 4.45. The van der Waals surface area contributed by atoms with E-state index in [1.165, 1.54) is 6.07 Å². The molecule has 1 aromatic carbocycles. The van der Waals surface area contributed by atoms with E-state index in [4.69, 9.17) is 21.1 Å². The molecule has 192 valence electrons. The van der Waals surface area contributed by atoms with Crippen molar-refractivity contribution >= 4 is 23.1 Å². The molecule has 0 bridgehead atoms. The fourth-order valence-electron chi connectivity index (χ4n) is 4.78. The average Bonchev–Trinajstić information content (AvgIpc) is 2.86. The fourth-order valence-corrected chi connectivity index (χ4v) is 4.98. The van der Waals surface area contributed by atoms with E-state index in [-0.39, 0.29) is 5.82 Å². The molecule has 1 aliphatic carbocycles.